The Labute approximate surface area is 221 Å². The van der Waals surface area contributed by atoms with E-state index in [4.69, 9.17) is 14.2 Å². The summed E-state index contributed by atoms with van der Waals surface area (Å²) in [5.41, 5.74) is 1.14. The lowest BCUT2D eigenvalue weighted by Gasteiger charge is -2.16. The second-order valence-electron chi connectivity index (χ2n) is 8.73. The standard InChI is InChI=1S/C26H28N2O7S2/c1-15(14-33-2)34-19-10-17(11-20(13-19)35-18-5-7-21(8-6-18)37(3)32)24(29)28-26-27-22-9-4-16(25(30)31)12-23(22)36-26/h5-8,10-11,13,15-16H,4,9,12,14H2,1-3H3,(H,30,31)(H,27,28,29). The van der Waals surface area contributed by atoms with E-state index >= 15 is 0 Å². The molecule has 0 radical (unpaired) electrons. The highest BCUT2D eigenvalue weighted by Crippen LogP contribution is 2.33. The van der Waals surface area contributed by atoms with Crippen molar-refractivity contribution in [1.29, 1.82) is 0 Å². The molecule has 2 N–H and O–H groups in total. The summed E-state index contributed by atoms with van der Waals surface area (Å²) in [4.78, 5) is 30.6. The van der Waals surface area contributed by atoms with Gasteiger partial charge in [0.05, 0.1) is 18.2 Å². The number of aryl methyl sites for hydroxylation is 1. The highest BCUT2D eigenvalue weighted by Gasteiger charge is 2.27. The number of hydrogen-bond donors (Lipinski definition) is 2. The normalized spacial score (nSPS) is 16.4. The fourth-order valence-corrected chi connectivity index (χ4v) is 5.58. The molecule has 1 aliphatic carbocycles. The topological polar surface area (TPSA) is 124 Å². The molecule has 196 valence electrons. The van der Waals surface area contributed by atoms with Crippen LogP contribution in [-0.2, 0) is 33.2 Å². The van der Waals surface area contributed by atoms with E-state index in [0.29, 0.717) is 58.7 Å². The number of aromatic nitrogens is 1. The Bertz CT molecular complexity index is 1310. The van der Waals surface area contributed by atoms with E-state index in [-0.39, 0.29) is 6.10 Å². The first kappa shape index (κ1) is 26.8. The van der Waals surface area contributed by atoms with Gasteiger partial charge in [0.1, 0.15) is 23.4 Å². The minimum Gasteiger partial charge on any atom is -0.488 e. The Morgan fingerprint density at radius 3 is 2.59 bits per heavy atom. The van der Waals surface area contributed by atoms with E-state index in [9.17, 15) is 18.9 Å². The molecular formula is C26H28N2O7S2. The van der Waals surface area contributed by atoms with Gasteiger partial charge in [-0.15, -0.1) is 11.3 Å². The van der Waals surface area contributed by atoms with Crippen molar-refractivity contribution >= 4 is 39.1 Å². The molecule has 0 saturated carbocycles. The third-order valence-electron chi connectivity index (χ3n) is 5.78. The maximum Gasteiger partial charge on any atom is 0.306 e. The molecule has 1 heterocycles. The van der Waals surface area contributed by atoms with Crippen molar-refractivity contribution in [2.45, 2.75) is 37.2 Å². The number of benzene rings is 2. The number of fused-ring (bicyclic) bond motifs is 1. The summed E-state index contributed by atoms with van der Waals surface area (Å²) in [7, 11) is 0.479. The quantitative estimate of drug-likeness (QED) is 0.382. The molecule has 3 unspecified atom stereocenters. The van der Waals surface area contributed by atoms with Crippen molar-refractivity contribution in [3.8, 4) is 17.2 Å². The first-order chi connectivity index (χ1) is 17.7. The van der Waals surface area contributed by atoms with Crippen molar-refractivity contribution in [1.82, 2.24) is 4.98 Å². The van der Waals surface area contributed by atoms with Crippen molar-refractivity contribution in [2.24, 2.45) is 5.92 Å². The number of ether oxygens (including phenoxy) is 3. The predicted molar refractivity (Wildman–Crippen MR) is 140 cm³/mol. The molecule has 11 heteroatoms. The lowest BCUT2D eigenvalue weighted by atomic mass is 9.91. The smallest absolute Gasteiger partial charge is 0.306 e. The zero-order valence-electron chi connectivity index (χ0n) is 20.7. The fourth-order valence-electron chi connectivity index (χ4n) is 3.97. The van der Waals surface area contributed by atoms with Crippen LogP contribution in [0, 0.1) is 5.92 Å². The maximum absolute atomic E-state index is 13.2. The molecule has 0 aliphatic heterocycles. The highest BCUT2D eigenvalue weighted by atomic mass is 32.2. The van der Waals surface area contributed by atoms with Gasteiger partial charge in [-0.1, -0.05) is 0 Å². The molecule has 1 aliphatic rings. The zero-order valence-corrected chi connectivity index (χ0v) is 22.3. The Morgan fingerprint density at radius 2 is 1.92 bits per heavy atom. The lowest BCUT2D eigenvalue weighted by molar-refractivity contribution is -0.142. The largest absolute Gasteiger partial charge is 0.488 e. The molecule has 0 bridgehead atoms. The van der Waals surface area contributed by atoms with Crippen LogP contribution in [0.3, 0.4) is 0 Å². The predicted octanol–water partition coefficient (Wildman–Crippen LogP) is 4.53. The Morgan fingerprint density at radius 1 is 1.19 bits per heavy atom. The van der Waals surface area contributed by atoms with Gasteiger partial charge in [-0.05, 0) is 62.6 Å². The number of carboxylic acids is 1. The van der Waals surface area contributed by atoms with Gasteiger partial charge in [-0.3, -0.25) is 19.1 Å². The number of nitrogens with one attached hydrogen (secondary N) is 1. The van der Waals surface area contributed by atoms with Crippen LogP contribution in [0.2, 0.25) is 0 Å². The van der Waals surface area contributed by atoms with Crippen LogP contribution in [0.5, 0.6) is 17.2 Å². The summed E-state index contributed by atoms with van der Waals surface area (Å²) in [6.07, 6.45) is 2.87. The highest BCUT2D eigenvalue weighted by molar-refractivity contribution is 7.84. The van der Waals surface area contributed by atoms with E-state index in [2.05, 4.69) is 10.3 Å². The molecule has 2 aromatic carbocycles. The molecule has 1 aromatic heterocycles. The van der Waals surface area contributed by atoms with Crippen LogP contribution < -0.4 is 14.8 Å². The van der Waals surface area contributed by atoms with E-state index in [1.165, 1.54) is 11.3 Å². The molecule has 37 heavy (non-hydrogen) atoms. The number of amides is 1. The number of carbonyl (C=O) groups excluding carboxylic acids is 1. The molecule has 0 saturated heterocycles. The van der Waals surface area contributed by atoms with Crippen LogP contribution in [0.25, 0.3) is 0 Å². The third-order valence-corrected chi connectivity index (χ3v) is 7.75. The van der Waals surface area contributed by atoms with Crippen LogP contribution >= 0.6 is 11.3 Å². The number of rotatable bonds is 10. The van der Waals surface area contributed by atoms with Gasteiger partial charge < -0.3 is 19.3 Å². The maximum atomic E-state index is 13.2. The zero-order chi connectivity index (χ0) is 26.5. The van der Waals surface area contributed by atoms with Gasteiger partial charge in [0.2, 0.25) is 0 Å². The second-order valence-corrected chi connectivity index (χ2v) is 11.2. The summed E-state index contributed by atoms with van der Waals surface area (Å²) >= 11 is 1.30. The molecule has 9 nitrogen and oxygen atoms in total. The van der Waals surface area contributed by atoms with Crippen LogP contribution in [0.4, 0.5) is 5.13 Å². The molecule has 4 rings (SSSR count). The number of thiazole rings is 1. The van der Waals surface area contributed by atoms with Crippen molar-refractivity contribution in [2.75, 3.05) is 25.3 Å². The summed E-state index contributed by atoms with van der Waals surface area (Å²) in [5.74, 6) is -0.295. The summed E-state index contributed by atoms with van der Waals surface area (Å²) in [5, 5.41) is 12.6. The fraction of sp³-hybridized carbons (Fsp3) is 0.346. The monoisotopic (exact) mass is 544 g/mol. The van der Waals surface area contributed by atoms with Gasteiger partial charge in [0.25, 0.3) is 5.91 Å². The van der Waals surface area contributed by atoms with E-state index in [0.717, 1.165) is 10.6 Å². The summed E-state index contributed by atoms with van der Waals surface area (Å²) in [6.45, 7) is 2.22. The molecular weight excluding hydrogens is 516 g/mol. The number of nitrogens with zero attached hydrogens (tertiary/aromatic N) is 1. The van der Waals surface area contributed by atoms with Gasteiger partial charge in [0, 0.05) is 45.6 Å². The number of anilines is 1. The van der Waals surface area contributed by atoms with E-state index < -0.39 is 28.6 Å². The van der Waals surface area contributed by atoms with Gasteiger partial charge in [-0.25, -0.2) is 4.98 Å². The second kappa shape index (κ2) is 11.8. The average Bonchev–Trinajstić information content (AvgIpc) is 3.25. The molecule has 1 amide bonds. The first-order valence-electron chi connectivity index (χ1n) is 11.7. The number of hydrogen-bond acceptors (Lipinski definition) is 8. The lowest BCUT2D eigenvalue weighted by Crippen LogP contribution is -2.21. The van der Waals surface area contributed by atoms with Crippen molar-refractivity contribution < 1.29 is 33.1 Å². The minimum absolute atomic E-state index is 0.261. The first-order valence-corrected chi connectivity index (χ1v) is 14.0. The number of methoxy groups -OCH3 is 1. The molecule has 3 aromatic rings. The van der Waals surface area contributed by atoms with Gasteiger partial charge >= 0.3 is 5.97 Å². The van der Waals surface area contributed by atoms with E-state index in [1.54, 1.807) is 55.8 Å². The Hall–Kier alpha value is -3.28. The van der Waals surface area contributed by atoms with Crippen molar-refractivity contribution in [3.63, 3.8) is 0 Å². The van der Waals surface area contributed by atoms with Crippen molar-refractivity contribution in [3.05, 3.63) is 58.6 Å². The molecule has 0 spiro atoms. The van der Waals surface area contributed by atoms with Crippen LogP contribution in [0.1, 0.15) is 34.3 Å². The van der Waals surface area contributed by atoms with Gasteiger partial charge in [-0.2, -0.15) is 0 Å². The number of aliphatic carboxylic acids is 1. The number of carboxylic acid groups (broad SMARTS) is 1. The average molecular weight is 545 g/mol. The van der Waals surface area contributed by atoms with Crippen LogP contribution in [-0.4, -0.2) is 52.3 Å². The summed E-state index contributed by atoms with van der Waals surface area (Å²) < 4.78 is 28.7. The van der Waals surface area contributed by atoms with Crippen LogP contribution in [0.15, 0.2) is 47.4 Å². The molecule has 0 fully saturated rings. The third kappa shape index (κ3) is 6.94. The SMILES string of the molecule is COCC(C)Oc1cc(Oc2ccc(S(C)=O)cc2)cc(C(=O)Nc2nc3c(s2)CC(C(=O)O)CC3)c1. The Kier molecular flexibility index (Phi) is 8.57. The van der Waals surface area contributed by atoms with Gasteiger partial charge in [0.15, 0.2) is 5.13 Å². The van der Waals surface area contributed by atoms with E-state index in [1.807, 2.05) is 6.92 Å². The Balaban J connectivity index is 1.56. The minimum atomic E-state index is -1.10. The molecule has 3 atom stereocenters. The summed E-state index contributed by atoms with van der Waals surface area (Å²) in [6, 6.07) is 11.8. The number of carbonyl (C=O) groups is 2.